The fraction of sp³-hybridized carbons (Fsp3) is 0.467. The topological polar surface area (TPSA) is 89.3 Å². The average Bonchev–Trinajstić information content (AvgIpc) is 3.10. The van der Waals surface area contributed by atoms with Crippen molar-refractivity contribution in [3.8, 4) is 0 Å². The van der Waals surface area contributed by atoms with Gasteiger partial charge in [-0.2, -0.15) is 0 Å². The van der Waals surface area contributed by atoms with Crippen LogP contribution >= 0.6 is 0 Å². The highest BCUT2D eigenvalue weighted by Gasteiger charge is 2.35. The lowest BCUT2D eigenvalue weighted by Gasteiger charge is -2.18. The van der Waals surface area contributed by atoms with Crippen molar-refractivity contribution in [3.05, 3.63) is 46.5 Å². The fourth-order valence-electron chi connectivity index (χ4n) is 3.44. The number of non-ortho nitro benzene ring substituents is 1. The number of nitrogens with one attached hydrogen (secondary N) is 1. The zero-order valence-corrected chi connectivity index (χ0v) is 12.8. The molecule has 1 aromatic carbocycles. The van der Waals surface area contributed by atoms with Gasteiger partial charge in [0.1, 0.15) is 0 Å². The molecule has 7 heteroatoms. The molecule has 0 heterocycles. The zero-order valence-electron chi connectivity index (χ0n) is 12.0. The molecule has 2 aliphatic rings. The van der Waals surface area contributed by atoms with E-state index in [1.807, 2.05) is 0 Å². The lowest BCUT2D eigenvalue weighted by Crippen LogP contribution is -2.27. The Labute approximate surface area is 129 Å². The molecule has 2 aliphatic carbocycles. The molecule has 0 saturated heterocycles. The Morgan fingerprint density at radius 2 is 1.91 bits per heavy atom. The lowest BCUT2D eigenvalue weighted by molar-refractivity contribution is -0.384. The van der Waals surface area contributed by atoms with Gasteiger partial charge < -0.3 is 0 Å². The largest absolute Gasteiger partial charge is 0.269 e. The summed E-state index contributed by atoms with van der Waals surface area (Å²) in [5.41, 5.74) is -0.118. The predicted octanol–water partition coefficient (Wildman–Crippen LogP) is 2.48. The maximum absolute atomic E-state index is 12.2. The molecule has 3 unspecified atom stereocenters. The summed E-state index contributed by atoms with van der Waals surface area (Å²) in [5, 5.41) is 10.6. The van der Waals surface area contributed by atoms with E-state index in [0.29, 0.717) is 24.3 Å². The van der Waals surface area contributed by atoms with Crippen molar-refractivity contribution in [2.75, 3.05) is 6.54 Å². The van der Waals surface area contributed by atoms with Gasteiger partial charge in [-0.1, -0.05) is 12.2 Å². The van der Waals surface area contributed by atoms with Gasteiger partial charge in [0.15, 0.2) is 0 Å². The van der Waals surface area contributed by atoms with Crippen LogP contribution in [-0.4, -0.2) is 19.9 Å². The summed E-state index contributed by atoms with van der Waals surface area (Å²) in [6.07, 6.45) is 7.71. The molecule has 1 fully saturated rings. The summed E-state index contributed by atoms with van der Waals surface area (Å²) in [5.74, 6) is 1.85. The number of rotatable bonds is 6. The Hall–Kier alpha value is -1.73. The van der Waals surface area contributed by atoms with Gasteiger partial charge in [0.25, 0.3) is 5.69 Å². The second-order valence-electron chi connectivity index (χ2n) is 5.98. The number of hydrogen-bond acceptors (Lipinski definition) is 4. The van der Waals surface area contributed by atoms with Crippen molar-refractivity contribution in [1.29, 1.82) is 0 Å². The molecule has 1 N–H and O–H groups in total. The number of hydrogen-bond donors (Lipinski definition) is 1. The molecule has 6 nitrogen and oxygen atoms in total. The van der Waals surface area contributed by atoms with Gasteiger partial charge in [-0.3, -0.25) is 10.1 Å². The van der Waals surface area contributed by atoms with E-state index in [0.717, 1.165) is 12.8 Å². The van der Waals surface area contributed by atoms with Gasteiger partial charge >= 0.3 is 0 Å². The predicted molar refractivity (Wildman–Crippen MR) is 81.7 cm³/mol. The van der Waals surface area contributed by atoms with Gasteiger partial charge in [-0.25, -0.2) is 13.1 Å². The van der Waals surface area contributed by atoms with Crippen LogP contribution in [0.2, 0.25) is 0 Å². The summed E-state index contributed by atoms with van der Waals surface area (Å²) in [6.45, 7) is 0.404. The SMILES string of the molecule is O=[N+]([O-])c1ccc(S(=O)(=O)NCCC2CC3C=CC2C3)cc1. The van der Waals surface area contributed by atoms with Gasteiger partial charge in [-0.05, 0) is 49.1 Å². The quantitative estimate of drug-likeness (QED) is 0.495. The number of nitrogens with zero attached hydrogens (tertiary/aromatic N) is 1. The molecule has 0 radical (unpaired) electrons. The average molecular weight is 322 g/mol. The molecule has 3 rings (SSSR count). The maximum Gasteiger partial charge on any atom is 0.269 e. The molecule has 3 atom stereocenters. The third-order valence-electron chi connectivity index (χ3n) is 4.58. The van der Waals surface area contributed by atoms with Gasteiger partial charge in [0, 0.05) is 18.7 Å². The Bertz CT molecular complexity index is 697. The fourth-order valence-corrected chi connectivity index (χ4v) is 4.48. The molecular formula is C15H18N2O4S. The van der Waals surface area contributed by atoms with Crippen LogP contribution in [0.1, 0.15) is 19.3 Å². The Morgan fingerprint density at radius 3 is 2.45 bits per heavy atom. The van der Waals surface area contributed by atoms with Crippen molar-refractivity contribution in [2.24, 2.45) is 17.8 Å². The highest BCUT2D eigenvalue weighted by Crippen LogP contribution is 2.44. The molecule has 0 amide bonds. The summed E-state index contributed by atoms with van der Waals surface area (Å²) in [7, 11) is -3.60. The van der Waals surface area contributed by atoms with E-state index in [2.05, 4.69) is 16.9 Å². The molecule has 1 aromatic rings. The number of benzene rings is 1. The Morgan fingerprint density at radius 1 is 1.18 bits per heavy atom. The first kappa shape index (κ1) is 15.2. The van der Waals surface area contributed by atoms with Crippen molar-refractivity contribution in [1.82, 2.24) is 4.72 Å². The maximum atomic E-state index is 12.2. The first-order chi connectivity index (χ1) is 10.5. The van der Waals surface area contributed by atoms with Gasteiger partial charge in [0.2, 0.25) is 10.0 Å². The lowest BCUT2D eigenvalue weighted by atomic mass is 9.91. The van der Waals surface area contributed by atoms with Crippen LogP contribution in [-0.2, 0) is 10.0 Å². The minimum absolute atomic E-state index is 0.0611. The van der Waals surface area contributed by atoms with Crippen LogP contribution in [0.4, 0.5) is 5.69 Å². The second-order valence-corrected chi connectivity index (χ2v) is 7.74. The molecule has 2 bridgehead atoms. The number of sulfonamides is 1. The highest BCUT2D eigenvalue weighted by atomic mass is 32.2. The minimum atomic E-state index is -3.60. The highest BCUT2D eigenvalue weighted by molar-refractivity contribution is 7.89. The van der Waals surface area contributed by atoms with Gasteiger partial charge in [-0.15, -0.1) is 0 Å². The number of nitro benzene ring substituents is 1. The van der Waals surface area contributed by atoms with E-state index in [-0.39, 0.29) is 10.6 Å². The van der Waals surface area contributed by atoms with E-state index in [1.54, 1.807) is 0 Å². The molecule has 0 spiro atoms. The zero-order chi connectivity index (χ0) is 15.7. The monoisotopic (exact) mass is 322 g/mol. The first-order valence-corrected chi connectivity index (χ1v) is 8.86. The smallest absolute Gasteiger partial charge is 0.258 e. The van der Waals surface area contributed by atoms with Crippen LogP contribution in [0, 0.1) is 27.9 Å². The van der Waals surface area contributed by atoms with E-state index >= 15 is 0 Å². The van der Waals surface area contributed by atoms with E-state index in [4.69, 9.17) is 0 Å². The standard InChI is InChI=1S/C15H18N2O4S/c18-17(19)14-3-5-15(6-4-14)22(20,21)16-8-7-13-10-11-1-2-12(13)9-11/h1-6,11-13,16H,7-10H2. The second kappa shape index (κ2) is 5.81. The number of fused-ring (bicyclic) bond motifs is 2. The summed E-state index contributed by atoms with van der Waals surface area (Å²) in [4.78, 5) is 10.1. The van der Waals surface area contributed by atoms with Crippen LogP contribution in [0.3, 0.4) is 0 Å². The Kier molecular flexibility index (Phi) is 4.01. The molecule has 0 aliphatic heterocycles. The normalized spacial score (nSPS) is 26.5. The van der Waals surface area contributed by atoms with Crippen LogP contribution < -0.4 is 4.72 Å². The van der Waals surface area contributed by atoms with Crippen molar-refractivity contribution in [3.63, 3.8) is 0 Å². The number of allylic oxidation sites excluding steroid dienone is 2. The van der Waals surface area contributed by atoms with Crippen LogP contribution in [0.25, 0.3) is 0 Å². The van der Waals surface area contributed by atoms with Gasteiger partial charge in [0.05, 0.1) is 9.82 Å². The molecule has 0 aromatic heterocycles. The Balaban J connectivity index is 1.56. The summed E-state index contributed by atoms with van der Waals surface area (Å²) in [6, 6.07) is 4.94. The van der Waals surface area contributed by atoms with Crippen LogP contribution in [0.15, 0.2) is 41.3 Å². The molecule has 22 heavy (non-hydrogen) atoms. The van der Waals surface area contributed by atoms with E-state index in [9.17, 15) is 18.5 Å². The van der Waals surface area contributed by atoms with E-state index in [1.165, 1.54) is 30.7 Å². The minimum Gasteiger partial charge on any atom is -0.258 e. The molecule has 1 saturated carbocycles. The summed E-state index contributed by atoms with van der Waals surface area (Å²) < 4.78 is 26.9. The number of nitro groups is 1. The van der Waals surface area contributed by atoms with Crippen molar-refractivity contribution >= 4 is 15.7 Å². The molecular weight excluding hydrogens is 304 g/mol. The van der Waals surface area contributed by atoms with Crippen LogP contribution in [0.5, 0.6) is 0 Å². The third-order valence-corrected chi connectivity index (χ3v) is 6.06. The molecule has 118 valence electrons. The van der Waals surface area contributed by atoms with Crippen molar-refractivity contribution in [2.45, 2.75) is 24.2 Å². The van der Waals surface area contributed by atoms with Crippen molar-refractivity contribution < 1.29 is 13.3 Å². The summed E-state index contributed by atoms with van der Waals surface area (Å²) >= 11 is 0. The van der Waals surface area contributed by atoms with E-state index < -0.39 is 14.9 Å². The third kappa shape index (κ3) is 3.05. The first-order valence-electron chi connectivity index (χ1n) is 7.38.